The first-order valence-corrected chi connectivity index (χ1v) is 11.4. The maximum absolute atomic E-state index is 10.7. The zero-order chi connectivity index (χ0) is 23.7. The molecular weight excluding hydrogens is 416 g/mol. The fourth-order valence-corrected chi connectivity index (χ4v) is 4.86. The Morgan fingerprint density at radius 3 is 2.06 bits per heavy atom. The minimum absolute atomic E-state index is 0.181. The molecule has 1 unspecified atom stereocenters. The lowest BCUT2D eigenvalue weighted by atomic mass is 9.70. The number of nitriles is 1. The number of rotatable bonds is 5. The fourth-order valence-electron chi connectivity index (χ4n) is 4.86. The number of nitrogens with zero attached hydrogens (tertiary/aromatic N) is 1. The van der Waals surface area contributed by atoms with E-state index >= 15 is 0 Å². The largest absolute Gasteiger partial charge is 0.508 e. The highest BCUT2D eigenvalue weighted by Gasteiger charge is 2.37. The molecule has 5 aromatic rings. The number of nitrogens with one attached hydrogen (secondary N) is 1. The number of aromatic hydroxyl groups is 1. The maximum atomic E-state index is 10.7. The van der Waals surface area contributed by atoms with Crippen LogP contribution in [0.5, 0.6) is 5.75 Å². The third-order valence-electron chi connectivity index (χ3n) is 6.73. The topological polar surface area (TPSA) is 59.8 Å². The van der Waals surface area contributed by atoms with Crippen molar-refractivity contribution in [2.75, 3.05) is 0 Å². The van der Waals surface area contributed by atoms with Gasteiger partial charge in [-0.15, -0.1) is 0 Å². The van der Waals surface area contributed by atoms with E-state index in [-0.39, 0.29) is 5.75 Å². The monoisotopic (exact) mass is 442 g/mol. The fraction of sp³-hybridized carbons (Fsp3) is 0.129. The molecule has 0 aliphatic carbocycles. The highest BCUT2D eigenvalue weighted by molar-refractivity contribution is 5.86. The van der Waals surface area contributed by atoms with E-state index in [9.17, 15) is 10.4 Å². The van der Waals surface area contributed by atoms with Crippen molar-refractivity contribution in [3.63, 3.8) is 0 Å². The lowest BCUT2D eigenvalue weighted by Crippen LogP contribution is -2.27. The van der Waals surface area contributed by atoms with E-state index in [2.05, 4.69) is 60.4 Å². The summed E-state index contributed by atoms with van der Waals surface area (Å²) >= 11 is 0. The Morgan fingerprint density at radius 1 is 0.794 bits per heavy atom. The Morgan fingerprint density at radius 2 is 1.41 bits per heavy atom. The van der Waals surface area contributed by atoms with Crippen LogP contribution in [-0.4, -0.2) is 10.1 Å². The number of aromatic amines is 1. The van der Waals surface area contributed by atoms with E-state index < -0.39 is 5.41 Å². The van der Waals surface area contributed by atoms with Crippen LogP contribution >= 0.6 is 0 Å². The summed E-state index contributed by atoms with van der Waals surface area (Å²) in [4.78, 5) is 3.56. The molecule has 1 atom stereocenters. The summed E-state index contributed by atoms with van der Waals surface area (Å²) in [6.45, 7) is 4.15. The zero-order valence-corrected chi connectivity index (χ0v) is 19.3. The summed E-state index contributed by atoms with van der Waals surface area (Å²) in [7, 11) is 0. The highest BCUT2D eigenvalue weighted by atomic mass is 16.3. The first-order valence-electron chi connectivity index (χ1n) is 11.4. The number of hydrogen-bond acceptors (Lipinski definition) is 2. The van der Waals surface area contributed by atoms with Crippen molar-refractivity contribution in [1.82, 2.24) is 4.98 Å². The van der Waals surface area contributed by atoms with Crippen molar-refractivity contribution in [2.45, 2.75) is 25.7 Å². The minimum Gasteiger partial charge on any atom is -0.508 e. The minimum atomic E-state index is -1.01. The summed E-state index contributed by atoms with van der Waals surface area (Å²) in [5, 5.41) is 21.7. The van der Waals surface area contributed by atoms with Crippen molar-refractivity contribution >= 4 is 10.9 Å². The molecule has 3 nitrogen and oxygen atoms in total. The molecule has 0 saturated carbocycles. The Labute approximate surface area is 200 Å². The van der Waals surface area contributed by atoms with E-state index in [0.29, 0.717) is 0 Å². The van der Waals surface area contributed by atoms with Gasteiger partial charge in [0, 0.05) is 16.6 Å². The van der Waals surface area contributed by atoms with Gasteiger partial charge in [0.2, 0.25) is 0 Å². The van der Waals surface area contributed by atoms with Crippen LogP contribution in [-0.2, 0) is 11.8 Å². The Hall–Kier alpha value is -4.29. The van der Waals surface area contributed by atoms with Crippen molar-refractivity contribution in [2.24, 2.45) is 0 Å². The number of fused-ring (bicyclic) bond motifs is 1. The van der Waals surface area contributed by atoms with Gasteiger partial charge in [-0.3, -0.25) is 0 Å². The van der Waals surface area contributed by atoms with Gasteiger partial charge in [0.15, 0.2) is 0 Å². The van der Waals surface area contributed by atoms with Crippen molar-refractivity contribution in [3.8, 4) is 11.8 Å². The first-order chi connectivity index (χ1) is 16.5. The van der Waals surface area contributed by atoms with Crippen LogP contribution in [0.25, 0.3) is 10.9 Å². The van der Waals surface area contributed by atoms with Gasteiger partial charge in [-0.2, -0.15) is 5.26 Å². The summed E-state index contributed by atoms with van der Waals surface area (Å²) in [6.07, 6.45) is 0.853. The van der Waals surface area contributed by atoms with Gasteiger partial charge < -0.3 is 10.1 Å². The normalized spacial score (nSPS) is 12.9. The third-order valence-corrected chi connectivity index (χ3v) is 6.73. The number of aryl methyl sites for hydroxylation is 2. The second-order valence-corrected chi connectivity index (χ2v) is 8.93. The van der Waals surface area contributed by atoms with Gasteiger partial charge in [-0.05, 0) is 66.3 Å². The number of phenolic OH excluding ortho intramolecular Hbond substituents is 1. The van der Waals surface area contributed by atoms with Crippen LogP contribution in [0.3, 0.4) is 0 Å². The first kappa shape index (κ1) is 21.6. The van der Waals surface area contributed by atoms with Crippen molar-refractivity contribution in [3.05, 3.63) is 136 Å². The third kappa shape index (κ3) is 3.64. The molecule has 0 saturated heterocycles. The molecule has 5 rings (SSSR count). The predicted octanol–water partition coefficient (Wildman–Crippen LogP) is 6.94. The van der Waals surface area contributed by atoms with Crippen LogP contribution in [0.4, 0.5) is 0 Å². The molecule has 34 heavy (non-hydrogen) atoms. The van der Waals surface area contributed by atoms with Gasteiger partial charge in [0.05, 0.1) is 6.07 Å². The molecule has 1 aromatic heterocycles. The molecule has 166 valence electrons. The van der Waals surface area contributed by atoms with E-state index in [4.69, 9.17) is 0 Å². The number of benzene rings is 4. The average molecular weight is 443 g/mol. The lowest BCUT2D eigenvalue weighted by molar-refractivity contribution is 0.475. The molecule has 1 heterocycles. The summed E-state index contributed by atoms with van der Waals surface area (Å²) in [5.41, 5.74) is 7.45. The SMILES string of the molecule is Cc1ccc(C(C#N)(c2ccc(O)cc2)c2ccc3c(Cc4ccccc4)c(C)[nH]c3c2)cc1. The summed E-state index contributed by atoms with van der Waals surface area (Å²) in [5.74, 6) is 0.181. The molecule has 0 radical (unpaired) electrons. The smallest absolute Gasteiger partial charge is 0.132 e. The van der Waals surface area contributed by atoms with Crippen LogP contribution in [0.1, 0.15) is 39.1 Å². The molecular formula is C31H26N2O. The molecule has 0 aliphatic heterocycles. The van der Waals surface area contributed by atoms with Gasteiger partial charge in [-0.25, -0.2) is 0 Å². The molecule has 0 bridgehead atoms. The van der Waals surface area contributed by atoms with Crippen molar-refractivity contribution < 1.29 is 5.11 Å². The molecule has 4 aromatic carbocycles. The zero-order valence-electron chi connectivity index (χ0n) is 19.3. The molecule has 2 N–H and O–H groups in total. The quantitative estimate of drug-likeness (QED) is 0.290. The van der Waals surface area contributed by atoms with Crippen LogP contribution in [0.15, 0.2) is 97.1 Å². The Kier molecular flexibility index (Phi) is 5.43. The molecule has 0 aliphatic rings. The van der Waals surface area contributed by atoms with Gasteiger partial charge in [0.1, 0.15) is 11.2 Å². The van der Waals surface area contributed by atoms with Gasteiger partial charge in [0.25, 0.3) is 0 Å². The summed E-state index contributed by atoms with van der Waals surface area (Å²) < 4.78 is 0. The van der Waals surface area contributed by atoms with Crippen LogP contribution in [0.2, 0.25) is 0 Å². The Bertz CT molecular complexity index is 1440. The molecule has 0 fully saturated rings. The average Bonchev–Trinajstić information content (AvgIpc) is 3.17. The highest BCUT2D eigenvalue weighted by Crippen LogP contribution is 2.41. The molecule has 3 heteroatoms. The van der Waals surface area contributed by atoms with E-state index in [0.717, 1.165) is 39.9 Å². The van der Waals surface area contributed by atoms with E-state index in [1.807, 2.05) is 49.4 Å². The number of phenols is 1. The maximum Gasteiger partial charge on any atom is 0.132 e. The van der Waals surface area contributed by atoms with Gasteiger partial charge in [-0.1, -0.05) is 84.4 Å². The second-order valence-electron chi connectivity index (χ2n) is 8.93. The molecule has 0 amide bonds. The lowest BCUT2D eigenvalue weighted by Gasteiger charge is -2.29. The number of hydrogen-bond donors (Lipinski definition) is 2. The summed E-state index contributed by atoms with van der Waals surface area (Å²) in [6, 6.07) is 34.5. The Balaban J connectivity index is 1.69. The number of H-pyrrole nitrogens is 1. The molecule has 0 spiro atoms. The van der Waals surface area contributed by atoms with Crippen LogP contribution < -0.4 is 0 Å². The van der Waals surface area contributed by atoms with E-state index in [1.165, 1.54) is 16.5 Å². The number of aromatic nitrogens is 1. The van der Waals surface area contributed by atoms with Gasteiger partial charge >= 0.3 is 0 Å². The second kappa shape index (κ2) is 8.57. The van der Waals surface area contributed by atoms with E-state index in [1.54, 1.807) is 12.1 Å². The van der Waals surface area contributed by atoms with Crippen molar-refractivity contribution in [1.29, 1.82) is 5.26 Å². The standard InChI is InChI=1S/C31H26N2O/c1-21-8-10-24(11-9-21)31(20-32,25-12-15-27(34)16-13-25)26-14-17-28-29(22(2)33-30(28)19-26)18-23-6-4-3-5-7-23/h3-17,19,33-34H,18H2,1-2H3. The predicted molar refractivity (Wildman–Crippen MR) is 137 cm³/mol. The van der Waals surface area contributed by atoms with Crippen LogP contribution in [0, 0.1) is 25.2 Å².